The number of aromatic carboxylic acids is 1. The van der Waals surface area contributed by atoms with Gasteiger partial charge in [0.15, 0.2) is 5.78 Å². The van der Waals surface area contributed by atoms with Gasteiger partial charge in [-0.1, -0.05) is 0 Å². The summed E-state index contributed by atoms with van der Waals surface area (Å²) in [5.41, 5.74) is 0.241. The molecule has 0 aromatic heterocycles. The maximum Gasteiger partial charge on any atom is 0.336 e. The maximum atomic E-state index is 12.4. The minimum Gasteiger partial charge on any atom is -0.508 e. The summed E-state index contributed by atoms with van der Waals surface area (Å²) in [6, 6.07) is 9.80. The van der Waals surface area contributed by atoms with Gasteiger partial charge in [0.05, 0.1) is 12.7 Å². The molecule has 0 saturated carbocycles. The van der Waals surface area contributed by atoms with Gasteiger partial charge in [-0.3, -0.25) is 4.79 Å². The number of carbonyl (C=O) groups is 2. The topological polar surface area (TPSA) is 83.8 Å². The third-order valence-corrected chi connectivity index (χ3v) is 2.83. The molecule has 2 aromatic rings. The van der Waals surface area contributed by atoms with Gasteiger partial charge in [-0.05, 0) is 42.5 Å². The number of benzene rings is 2. The minimum atomic E-state index is -1.19. The van der Waals surface area contributed by atoms with Crippen LogP contribution in [-0.2, 0) is 0 Å². The lowest BCUT2D eigenvalue weighted by Gasteiger charge is -2.08. The number of ketones is 1. The van der Waals surface area contributed by atoms with Gasteiger partial charge in [-0.2, -0.15) is 0 Å². The average molecular weight is 272 g/mol. The van der Waals surface area contributed by atoms with E-state index in [1.165, 1.54) is 49.6 Å². The van der Waals surface area contributed by atoms with E-state index in [1.807, 2.05) is 0 Å². The predicted molar refractivity (Wildman–Crippen MR) is 71.5 cm³/mol. The first-order chi connectivity index (χ1) is 9.52. The van der Waals surface area contributed by atoms with Crippen molar-refractivity contribution in [2.45, 2.75) is 0 Å². The van der Waals surface area contributed by atoms with Gasteiger partial charge in [-0.15, -0.1) is 0 Å². The summed E-state index contributed by atoms with van der Waals surface area (Å²) in [6.07, 6.45) is 0. The van der Waals surface area contributed by atoms with Crippen LogP contribution in [0.25, 0.3) is 0 Å². The van der Waals surface area contributed by atoms with Crippen molar-refractivity contribution in [3.63, 3.8) is 0 Å². The molecular formula is C15H12O5. The zero-order chi connectivity index (χ0) is 14.7. The van der Waals surface area contributed by atoms with Gasteiger partial charge in [0, 0.05) is 11.1 Å². The summed E-state index contributed by atoms with van der Waals surface area (Å²) in [5.74, 6) is -1.20. The number of carboxylic acid groups (broad SMARTS) is 1. The molecule has 102 valence electrons. The number of phenols is 1. The Labute approximate surface area is 115 Å². The van der Waals surface area contributed by atoms with Crippen LogP contribution in [0, 0.1) is 0 Å². The Bertz CT molecular complexity index is 658. The lowest BCUT2D eigenvalue weighted by atomic mass is 9.98. The van der Waals surface area contributed by atoms with Crippen LogP contribution in [0.5, 0.6) is 11.5 Å². The number of methoxy groups -OCH3 is 1. The van der Waals surface area contributed by atoms with E-state index in [0.717, 1.165) is 0 Å². The van der Waals surface area contributed by atoms with Crippen molar-refractivity contribution in [1.29, 1.82) is 0 Å². The summed E-state index contributed by atoms with van der Waals surface area (Å²) < 4.78 is 5.01. The third kappa shape index (κ3) is 2.61. The highest BCUT2D eigenvalue weighted by Gasteiger charge is 2.18. The predicted octanol–water partition coefficient (Wildman–Crippen LogP) is 2.33. The number of aromatic hydroxyl groups is 1. The van der Waals surface area contributed by atoms with E-state index < -0.39 is 11.8 Å². The number of carbonyl (C=O) groups excluding carboxylic acids is 1. The monoisotopic (exact) mass is 272 g/mol. The summed E-state index contributed by atoms with van der Waals surface area (Å²) >= 11 is 0. The Kier molecular flexibility index (Phi) is 3.70. The molecule has 0 unspecified atom stereocenters. The molecule has 0 amide bonds. The summed E-state index contributed by atoms with van der Waals surface area (Å²) in [4.78, 5) is 23.5. The average Bonchev–Trinajstić information content (AvgIpc) is 2.46. The van der Waals surface area contributed by atoms with Crippen molar-refractivity contribution in [3.05, 3.63) is 59.2 Å². The van der Waals surface area contributed by atoms with Gasteiger partial charge in [0.1, 0.15) is 11.5 Å². The molecule has 0 aliphatic heterocycles. The number of ether oxygens (including phenoxy) is 1. The summed E-state index contributed by atoms with van der Waals surface area (Å²) in [7, 11) is 1.44. The lowest BCUT2D eigenvalue weighted by molar-refractivity contribution is 0.0692. The molecule has 5 nitrogen and oxygen atoms in total. The van der Waals surface area contributed by atoms with Crippen molar-refractivity contribution in [3.8, 4) is 11.5 Å². The van der Waals surface area contributed by atoms with E-state index in [9.17, 15) is 14.7 Å². The normalized spacial score (nSPS) is 10.1. The highest BCUT2D eigenvalue weighted by Crippen LogP contribution is 2.22. The molecule has 0 atom stereocenters. The Morgan fingerprint density at radius 2 is 1.65 bits per heavy atom. The van der Waals surface area contributed by atoms with E-state index in [1.54, 1.807) is 0 Å². The molecule has 2 rings (SSSR count). The van der Waals surface area contributed by atoms with Crippen LogP contribution in [0.2, 0.25) is 0 Å². The molecule has 20 heavy (non-hydrogen) atoms. The lowest BCUT2D eigenvalue weighted by Crippen LogP contribution is -2.10. The number of phenolic OH excluding ortho intramolecular Hbond substituents is 1. The van der Waals surface area contributed by atoms with Crippen molar-refractivity contribution >= 4 is 11.8 Å². The first-order valence-electron chi connectivity index (χ1n) is 5.78. The fraction of sp³-hybridized carbons (Fsp3) is 0.0667. The van der Waals surface area contributed by atoms with E-state index in [4.69, 9.17) is 9.84 Å². The van der Waals surface area contributed by atoms with Crippen LogP contribution < -0.4 is 4.74 Å². The molecule has 2 aromatic carbocycles. The molecule has 0 radical (unpaired) electrons. The molecule has 0 fully saturated rings. The summed E-state index contributed by atoms with van der Waals surface area (Å²) in [6.45, 7) is 0. The van der Waals surface area contributed by atoms with Crippen molar-refractivity contribution in [2.75, 3.05) is 7.11 Å². The first-order valence-corrected chi connectivity index (χ1v) is 5.78. The van der Waals surface area contributed by atoms with Crippen molar-refractivity contribution < 1.29 is 24.5 Å². The van der Waals surface area contributed by atoms with Crippen LogP contribution in [0.4, 0.5) is 0 Å². The van der Waals surface area contributed by atoms with Gasteiger partial charge in [0.2, 0.25) is 0 Å². The molecular weight excluding hydrogens is 260 g/mol. The molecule has 0 aliphatic rings. The van der Waals surface area contributed by atoms with Crippen molar-refractivity contribution in [1.82, 2.24) is 0 Å². The van der Waals surface area contributed by atoms with Crippen LogP contribution >= 0.6 is 0 Å². The molecule has 0 spiro atoms. The largest absolute Gasteiger partial charge is 0.508 e. The smallest absolute Gasteiger partial charge is 0.336 e. The molecule has 0 aliphatic carbocycles. The summed E-state index contributed by atoms with van der Waals surface area (Å²) in [5, 5.41) is 18.3. The minimum absolute atomic E-state index is 0.0330. The highest BCUT2D eigenvalue weighted by molar-refractivity contribution is 6.14. The molecule has 0 saturated heterocycles. The zero-order valence-corrected chi connectivity index (χ0v) is 10.7. The number of hydrogen-bond donors (Lipinski definition) is 2. The highest BCUT2D eigenvalue weighted by atomic mass is 16.5. The fourth-order valence-corrected chi connectivity index (χ4v) is 1.79. The maximum absolute atomic E-state index is 12.4. The molecule has 5 heteroatoms. The Balaban J connectivity index is 2.52. The number of carboxylic acids is 1. The van der Waals surface area contributed by atoms with E-state index in [-0.39, 0.29) is 16.9 Å². The SMILES string of the molecule is COc1ccc(C(=O)O)c(C(=O)c2ccc(O)cc2)c1. The van der Waals surface area contributed by atoms with E-state index in [0.29, 0.717) is 11.3 Å². The Morgan fingerprint density at radius 3 is 2.20 bits per heavy atom. The van der Waals surface area contributed by atoms with E-state index >= 15 is 0 Å². The van der Waals surface area contributed by atoms with Crippen LogP contribution in [0.3, 0.4) is 0 Å². The second kappa shape index (κ2) is 5.44. The first kappa shape index (κ1) is 13.6. The fourth-order valence-electron chi connectivity index (χ4n) is 1.79. The van der Waals surface area contributed by atoms with E-state index in [2.05, 4.69) is 0 Å². The zero-order valence-electron chi connectivity index (χ0n) is 10.7. The second-order valence-electron chi connectivity index (χ2n) is 4.09. The van der Waals surface area contributed by atoms with Crippen LogP contribution in [-0.4, -0.2) is 29.1 Å². The van der Waals surface area contributed by atoms with Crippen LogP contribution in [0.1, 0.15) is 26.3 Å². The van der Waals surface area contributed by atoms with Crippen LogP contribution in [0.15, 0.2) is 42.5 Å². The number of hydrogen-bond acceptors (Lipinski definition) is 4. The second-order valence-corrected chi connectivity index (χ2v) is 4.09. The molecule has 2 N–H and O–H groups in total. The van der Waals surface area contributed by atoms with Gasteiger partial charge in [0.25, 0.3) is 0 Å². The van der Waals surface area contributed by atoms with Gasteiger partial charge >= 0.3 is 5.97 Å². The molecule has 0 bridgehead atoms. The van der Waals surface area contributed by atoms with Gasteiger partial charge in [-0.25, -0.2) is 4.79 Å². The Hall–Kier alpha value is -2.82. The quantitative estimate of drug-likeness (QED) is 0.834. The Morgan fingerprint density at radius 1 is 1.00 bits per heavy atom. The molecule has 0 heterocycles. The van der Waals surface area contributed by atoms with Gasteiger partial charge < -0.3 is 14.9 Å². The third-order valence-electron chi connectivity index (χ3n) is 2.83. The standard InChI is InChI=1S/C15H12O5/c1-20-11-6-7-12(15(18)19)13(8-11)14(17)9-2-4-10(16)5-3-9/h2-8,16H,1H3,(H,18,19). The number of rotatable bonds is 4. The van der Waals surface area contributed by atoms with Crippen molar-refractivity contribution in [2.24, 2.45) is 0 Å².